The van der Waals surface area contributed by atoms with Gasteiger partial charge in [-0.15, -0.1) is 0 Å². The molecule has 30 heavy (non-hydrogen) atoms. The summed E-state index contributed by atoms with van der Waals surface area (Å²) < 4.78 is 2.26. The van der Waals surface area contributed by atoms with Gasteiger partial charge in [-0.2, -0.15) is 0 Å². The molecule has 0 bridgehead atoms. The molecule has 2 aromatic heterocycles. The minimum absolute atomic E-state index is 0.116. The van der Waals surface area contributed by atoms with Gasteiger partial charge in [0.1, 0.15) is 17.2 Å². The van der Waals surface area contributed by atoms with Crippen molar-refractivity contribution in [2.75, 3.05) is 18.5 Å². The summed E-state index contributed by atoms with van der Waals surface area (Å²) in [5.74, 6) is 2.78. The van der Waals surface area contributed by atoms with Gasteiger partial charge in [-0.1, -0.05) is 38.1 Å². The third kappa shape index (κ3) is 5.07. The van der Waals surface area contributed by atoms with E-state index < -0.39 is 0 Å². The van der Waals surface area contributed by atoms with Crippen LogP contribution in [0.3, 0.4) is 0 Å². The van der Waals surface area contributed by atoms with Gasteiger partial charge in [-0.3, -0.25) is 4.79 Å². The molecule has 160 valence electrons. The average Bonchev–Trinajstić information content (AvgIpc) is 3.09. The van der Waals surface area contributed by atoms with Crippen LogP contribution in [0.5, 0.6) is 0 Å². The minimum atomic E-state index is 0.116. The van der Waals surface area contributed by atoms with Crippen molar-refractivity contribution in [2.24, 2.45) is 5.92 Å². The van der Waals surface area contributed by atoms with Gasteiger partial charge in [0.15, 0.2) is 11.4 Å². The van der Waals surface area contributed by atoms with Crippen molar-refractivity contribution < 1.29 is 4.79 Å². The molecule has 0 N–H and O–H groups in total. The molecule has 2 heterocycles. The van der Waals surface area contributed by atoms with Crippen LogP contribution in [0, 0.1) is 5.92 Å². The first kappa shape index (κ1) is 22.0. The number of benzene rings is 1. The fraction of sp³-hybridized carbons (Fsp3) is 0.480. The van der Waals surface area contributed by atoms with Crippen LogP contribution in [0.15, 0.2) is 36.4 Å². The van der Waals surface area contributed by atoms with Crippen molar-refractivity contribution in [3.63, 3.8) is 0 Å². The van der Waals surface area contributed by atoms with Gasteiger partial charge in [0.25, 0.3) is 0 Å². The maximum atomic E-state index is 11.4. The number of anilines is 1. The lowest BCUT2D eigenvalue weighted by Crippen LogP contribution is -2.19. The molecule has 1 atom stereocenters. The third-order valence-corrected chi connectivity index (χ3v) is 5.73. The molecule has 1 unspecified atom stereocenters. The first-order chi connectivity index (χ1) is 14.4. The molecule has 1 aromatic carbocycles. The van der Waals surface area contributed by atoms with Crippen molar-refractivity contribution >= 4 is 22.8 Å². The molecule has 0 radical (unpaired) electrons. The number of aryl methyl sites for hydroxylation is 2. The summed E-state index contributed by atoms with van der Waals surface area (Å²) in [5, 5.41) is 0. The summed E-state index contributed by atoms with van der Waals surface area (Å²) >= 11 is 0. The Balaban J connectivity index is 1.69. The Bertz CT molecular complexity index is 990. The monoisotopic (exact) mass is 406 g/mol. The number of pyridine rings is 1. The van der Waals surface area contributed by atoms with Crippen LogP contribution in [0.25, 0.3) is 11.2 Å². The number of fused-ring (bicyclic) bond motifs is 1. The smallest absolute Gasteiger partial charge is 0.162 e. The van der Waals surface area contributed by atoms with Gasteiger partial charge in [-0.05, 0) is 56.7 Å². The van der Waals surface area contributed by atoms with Gasteiger partial charge < -0.3 is 9.47 Å². The van der Waals surface area contributed by atoms with E-state index in [1.165, 1.54) is 5.56 Å². The third-order valence-electron chi connectivity index (χ3n) is 5.73. The number of aromatic nitrogens is 3. The summed E-state index contributed by atoms with van der Waals surface area (Å²) in [6.07, 6.45) is 4.12. The van der Waals surface area contributed by atoms with Crippen LogP contribution in [-0.2, 0) is 19.4 Å². The van der Waals surface area contributed by atoms with E-state index in [4.69, 9.17) is 9.97 Å². The van der Waals surface area contributed by atoms with Gasteiger partial charge in [0.05, 0.1) is 0 Å². The second-order valence-electron chi connectivity index (χ2n) is 8.31. The Hall–Kier alpha value is -2.69. The zero-order valence-electron chi connectivity index (χ0n) is 19.0. The molecule has 0 amide bonds. The summed E-state index contributed by atoms with van der Waals surface area (Å²) in [7, 11) is 2.09. The van der Waals surface area contributed by atoms with Gasteiger partial charge >= 0.3 is 0 Å². The van der Waals surface area contributed by atoms with Crippen LogP contribution in [0.1, 0.15) is 62.3 Å². The van der Waals surface area contributed by atoms with Crippen molar-refractivity contribution in [2.45, 2.75) is 59.9 Å². The predicted octanol–water partition coefficient (Wildman–Crippen LogP) is 5.31. The molecule has 0 spiro atoms. The molecule has 0 aliphatic heterocycles. The molecule has 0 aliphatic rings. The Labute approximate surface area is 180 Å². The summed E-state index contributed by atoms with van der Waals surface area (Å²) in [6.45, 7) is 10.1. The molecule has 5 heteroatoms. The second-order valence-corrected chi connectivity index (χ2v) is 8.31. The number of Topliss-reactive ketones (excluding diaryl/α,β-unsaturated/α-hetero) is 1. The summed E-state index contributed by atoms with van der Waals surface area (Å²) in [6, 6.07) is 12.2. The van der Waals surface area contributed by atoms with E-state index in [-0.39, 0.29) is 5.78 Å². The van der Waals surface area contributed by atoms with E-state index in [1.54, 1.807) is 6.92 Å². The number of nitrogens with zero attached hydrogens (tertiary/aromatic N) is 4. The first-order valence-corrected chi connectivity index (χ1v) is 11.1. The quantitative estimate of drug-likeness (QED) is 0.428. The number of rotatable bonds is 10. The van der Waals surface area contributed by atoms with E-state index in [0.717, 1.165) is 67.1 Å². The van der Waals surface area contributed by atoms with Gasteiger partial charge in [0, 0.05) is 32.1 Å². The Kier molecular flexibility index (Phi) is 7.24. The zero-order chi connectivity index (χ0) is 21.7. The maximum Gasteiger partial charge on any atom is 0.162 e. The fourth-order valence-corrected chi connectivity index (χ4v) is 3.98. The lowest BCUT2D eigenvalue weighted by Gasteiger charge is -2.17. The molecular formula is C25H34N4O. The van der Waals surface area contributed by atoms with Crippen molar-refractivity contribution in [1.82, 2.24) is 14.5 Å². The number of imidazole rings is 1. The number of ketones is 1. The summed E-state index contributed by atoms with van der Waals surface area (Å²) in [4.78, 5) is 23.4. The van der Waals surface area contributed by atoms with Crippen molar-refractivity contribution in [3.8, 4) is 0 Å². The molecule has 3 rings (SSSR count). The number of carbonyl (C=O) groups excluding carboxylic acids is 1. The average molecular weight is 407 g/mol. The van der Waals surface area contributed by atoms with Crippen LogP contribution in [0.2, 0.25) is 0 Å². The Morgan fingerprint density at radius 2 is 1.83 bits per heavy atom. The van der Waals surface area contributed by atoms with Crippen molar-refractivity contribution in [1.29, 1.82) is 0 Å². The van der Waals surface area contributed by atoms with E-state index in [9.17, 15) is 4.79 Å². The highest BCUT2D eigenvalue weighted by atomic mass is 16.1. The first-order valence-electron chi connectivity index (χ1n) is 11.1. The molecule has 3 aromatic rings. The lowest BCUT2D eigenvalue weighted by atomic mass is 9.95. The van der Waals surface area contributed by atoms with Crippen LogP contribution in [0.4, 0.5) is 5.82 Å². The van der Waals surface area contributed by atoms with Crippen LogP contribution >= 0.6 is 0 Å². The highest BCUT2D eigenvalue weighted by molar-refractivity contribution is 5.94. The highest BCUT2D eigenvalue weighted by Crippen LogP contribution is 2.22. The normalized spacial score (nSPS) is 12.3. The Morgan fingerprint density at radius 3 is 2.47 bits per heavy atom. The van der Waals surface area contributed by atoms with Gasteiger partial charge in [0.2, 0.25) is 0 Å². The largest absolute Gasteiger partial charge is 0.360 e. The standard InChI is InChI=1S/C25H34N4O/c1-6-16-28(5)23-15-13-22-25(27-23)29(7-2)24(26-22)14-8-18(3)17-20-9-11-21(12-10-20)19(4)30/h9-13,15,18H,6-8,14,16-17H2,1-5H3. The highest BCUT2D eigenvalue weighted by Gasteiger charge is 2.14. The lowest BCUT2D eigenvalue weighted by molar-refractivity contribution is 0.101. The topological polar surface area (TPSA) is 51.0 Å². The van der Waals surface area contributed by atoms with Gasteiger partial charge in [-0.25, -0.2) is 9.97 Å². The fourth-order valence-electron chi connectivity index (χ4n) is 3.98. The minimum Gasteiger partial charge on any atom is -0.360 e. The van der Waals surface area contributed by atoms with E-state index in [1.807, 2.05) is 12.1 Å². The van der Waals surface area contributed by atoms with E-state index in [2.05, 4.69) is 61.6 Å². The number of hydrogen-bond donors (Lipinski definition) is 0. The molecule has 0 saturated carbocycles. The zero-order valence-corrected chi connectivity index (χ0v) is 19.0. The van der Waals surface area contributed by atoms with E-state index >= 15 is 0 Å². The molecular weight excluding hydrogens is 372 g/mol. The Morgan fingerprint density at radius 1 is 1.10 bits per heavy atom. The van der Waals surface area contributed by atoms with Crippen LogP contribution < -0.4 is 4.90 Å². The molecule has 5 nitrogen and oxygen atoms in total. The summed E-state index contributed by atoms with van der Waals surface area (Å²) in [5.41, 5.74) is 4.02. The molecule has 0 fully saturated rings. The SMILES string of the molecule is CCCN(C)c1ccc2nc(CCC(C)Cc3ccc(C(C)=O)cc3)n(CC)c2n1. The second kappa shape index (κ2) is 9.88. The van der Waals surface area contributed by atoms with E-state index in [0.29, 0.717) is 5.92 Å². The van der Waals surface area contributed by atoms with Crippen LogP contribution in [-0.4, -0.2) is 33.9 Å². The molecule has 0 saturated heterocycles. The number of carbonyl (C=O) groups is 1. The number of hydrogen-bond acceptors (Lipinski definition) is 4. The maximum absolute atomic E-state index is 11.4. The van der Waals surface area contributed by atoms with Crippen molar-refractivity contribution in [3.05, 3.63) is 53.3 Å². The predicted molar refractivity (Wildman–Crippen MR) is 124 cm³/mol. The molecule has 0 aliphatic carbocycles.